The number of nitrogens with zero attached hydrogens (tertiary/aromatic N) is 1. The summed E-state index contributed by atoms with van der Waals surface area (Å²) >= 11 is 1.78. The Morgan fingerprint density at radius 2 is 1.57 bits per heavy atom. The molecule has 9 nitrogen and oxygen atoms in total. The van der Waals surface area contributed by atoms with Crippen LogP contribution >= 0.6 is 11.8 Å². The van der Waals surface area contributed by atoms with E-state index in [9.17, 15) is 19.5 Å². The van der Waals surface area contributed by atoms with Crippen LogP contribution in [0.5, 0.6) is 0 Å². The first-order valence-electron chi connectivity index (χ1n) is 16.3. The SMILES string of the molecule is CC(C)[C@H](NC(=O)OC(C)(C)C)C(=O)N[C@@H](Cc1ccccc1)[C@H](O)CN1CC[C@@H](Sc2ccccc2)C[C@H]1C(=O)NC(C)(C)C. The second-order valence-corrected chi connectivity index (χ2v) is 15.9. The molecule has 2 aromatic carbocycles. The quantitative estimate of drug-likeness (QED) is 0.250. The van der Waals surface area contributed by atoms with Gasteiger partial charge in [-0.25, -0.2) is 4.79 Å². The third-order valence-electron chi connectivity index (χ3n) is 7.65. The Balaban J connectivity index is 1.81. The van der Waals surface area contributed by atoms with Crippen molar-refractivity contribution in [1.29, 1.82) is 0 Å². The van der Waals surface area contributed by atoms with Gasteiger partial charge < -0.3 is 25.8 Å². The summed E-state index contributed by atoms with van der Waals surface area (Å²) in [6.45, 7) is 15.7. The van der Waals surface area contributed by atoms with Crippen molar-refractivity contribution in [3.8, 4) is 0 Å². The number of nitrogens with one attached hydrogen (secondary N) is 3. The number of hydrogen-bond donors (Lipinski definition) is 4. The molecule has 0 unspecified atom stereocenters. The van der Waals surface area contributed by atoms with E-state index in [-0.39, 0.29) is 23.6 Å². The van der Waals surface area contributed by atoms with E-state index < -0.39 is 47.4 Å². The first-order chi connectivity index (χ1) is 21.5. The Morgan fingerprint density at radius 1 is 0.957 bits per heavy atom. The van der Waals surface area contributed by atoms with Crippen LogP contribution in [0, 0.1) is 5.92 Å². The molecule has 0 bridgehead atoms. The molecule has 0 saturated carbocycles. The number of amides is 3. The molecule has 0 spiro atoms. The second kappa shape index (κ2) is 16.7. The van der Waals surface area contributed by atoms with Crippen molar-refractivity contribution in [2.45, 2.75) is 120 Å². The van der Waals surface area contributed by atoms with Gasteiger partial charge >= 0.3 is 6.09 Å². The third-order valence-corrected chi connectivity index (χ3v) is 8.95. The molecule has 1 saturated heterocycles. The topological polar surface area (TPSA) is 120 Å². The lowest BCUT2D eigenvalue weighted by molar-refractivity contribution is -0.130. The number of benzene rings is 2. The standard InChI is InChI=1S/C36H54N4O5S/c1-24(2)31(38-34(44)45-36(6,7)8)33(43)37-28(21-25-15-11-9-12-16-25)30(41)23-40-20-19-27(46-26-17-13-10-14-18-26)22-29(40)32(42)39-35(3,4)5/h9-18,24,27-31,41H,19-23H2,1-8H3,(H,37,43)(H,38,44)(H,39,42)/t27-,28+,29+,30-,31+/m1/s1. The van der Waals surface area contributed by atoms with Crippen LogP contribution in [0.3, 0.4) is 0 Å². The molecule has 1 aliphatic heterocycles. The van der Waals surface area contributed by atoms with Gasteiger partial charge in [-0.15, -0.1) is 11.8 Å². The number of rotatable bonds is 12. The van der Waals surface area contributed by atoms with Gasteiger partial charge in [0.15, 0.2) is 0 Å². The highest BCUT2D eigenvalue weighted by Gasteiger charge is 2.38. The van der Waals surface area contributed by atoms with Gasteiger partial charge in [0.2, 0.25) is 11.8 Å². The summed E-state index contributed by atoms with van der Waals surface area (Å²) < 4.78 is 5.41. The van der Waals surface area contributed by atoms with Gasteiger partial charge in [-0.1, -0.05) is 62.4 Å². The number of thioether (sulfide) groups is 1. The largest absolute Gasteiger partial charge is 0.444 e. The normalized spacial score (nSPS) is 19.5. The Morgan fingerprint density at radius 3 is 2.13 bits per heavy atom. The number of aliphatic hydroxyl groups excluding tert-OH is 1. The number of carbonyl (C=O) groups is 3. The van der Waals surface area contributed by atoms with E-state index in [1.807, 2.05) is 83.1 Å². The van der Waals surface area contributed by atoms with Crippen molar-refractivity contribution < 1.29 is 24.2 Å². The molecule has 0 radical (unpaired) electrons. The van der Waals surface area contributed by atoms with E-state index in [1.165, 1.54) is 4.90 Å². The molecule has 5 atom stereocenters. The van der Waals surface area contributed by atoms with Crippen molar-refractivity contribution in [2.24, 2.45) is 5.92 Å². The van der Waals surface area contributed by atoms with E-state index in [1.54, 1.807) is 32.5 Å². The molecule has 10 heteroatoms. The summed E-state index contributed by atoms with van der Waals surface area (Å²) in [6, 6.07) is 17.9. The number of likely N-dealkylation sites (tertiary alicyclic amines) is 1. The number of piperidine rings is 1. The summed E-state index contributed by atoms with van der Waals surface area (Å²) in [5.74, 6) is -0.697. The van der Waals surface area contributed by atoms with Crippen LogP contribution in [0.25, 0.3) is 0 Å². The van der Waals surface area contributed by atoms with Gasteiger partial charge in [-0.2, -0.15) is 0 Å². The summed E-state index contributed by atoms with van der Waals surface area (Å²) in [4.78, 5) is 43.1. The Kier molecular flexibility index (Phi) is 13.5. The minimum Gasteiger partial charge on any atom is -0.444 e. The van der Waals surface area contributed by atoms with Crippen molar-refractivity contribution in [3.63, 3.8) is 0 Å². The predicted octanol–water partition coefficient (Wildman–Crippen LogP) is 5.16. The molecule has 0 aromatic heterocycles. The maximum absolute atomic E-state index is 13.7. The van der Waals surface area contributed by atoms with Crippen LogP contribution in [0.2, 0.25) is 0 Å². The van der Waals surface area contributed by atoms with Crippen LogP contribution in [0.1, 0.15) is 73.8 Å². The smallest absolute Gasteiger partial charge is 0.408 e. The fourth-order valence-electron chi connectivity index (χ4n) is 5.49. The van der Waals surface area contributed by atoms with Crippen LogP contribution in [0.4, 0.5) is 4.79 Å². The van der Waals surface area contributed by atoms with Gasteiger partial charge in [0.25, 0.3) is 0 Å². The minimum atomic E-state index is -0.984. The summed E-state index contributed by atoms with van der Waals surface area (Å²) in [5.41, 5.74) is -0.164. The lowest BCUT2D eigenvalue weighted by atomic mass is 9.95. The monoisotopic (exact) mass is 654 g/mol. The summed E-state index contributed by atoms with van der Waals surface area (Å²) in [7, 11) is 0. The fourth-order valence-corrected chi connectivity index (χ4v) is 6.69. The minimum absolute atomic E-state index is 0.0665. The predicted molar refractivity (Wildman–Crippen MR) is 185 cm³/mol. The number of ether oxygens (including phenoxy) is 1. The molecule has 0 aliphatic carbocycles. The van der Waals surface area contributed by atoms with Gasteiger partial charge in [0, 0.05) is 28.8 Å². The van der Waals surface area contributed by atoms with Gasteiger partial charge in [-0.3, -0.25) is 14.5 Å². The van der Waals surface area contributed by atoms with E-state index in [2.05, 4.69) is 33.0 Å². The highest BCUT2D eigenvalue weighted by molar-refractivity contribution is 8.00. The maximum Gasteiger partial charge on any atom is 0.408 e. The van der Waals surface area contributed by atoms with Gasteiger partial charge in [0.1, 0.15) is 11.6 Å². The highest BCUT2D eigenvalue weighted by Crippen LogP contribution is 2.33. The van der Waals surface area contributed by atoms with Crippen LogP contribution in [0.15, 0.2) is 65.6 Å². The number of aliphatic hydroxyl groups is 1. The molecular formula is C36H54N4O5S. The lowest BCUT2D eigenvalue weighted by Crippen LogP contribution is -2.60. The zero-order valence-electron chi connectivity index (χ0n) is 28.7. The molecule has 254 valence electrons. The van der Waals surface area contributed by atoms with Crippen molar-refractivity contribution >= 4 is 29.7 Å². The molecule has 4 N–H and O–H groups in total. The van der Waals surface area contributed by atoms with Crippen molar-refractivity contribution in [1.82, 2.24) is 20.9 Å². The second-order valence-electron chi connectivity index (χ2n) is 14.6. The maximum atomic E-state index is 13.7. The fraction of sp³-hybridized carbons (Fsp3) is 0.583. The first-order valence-corrected chi connectivity index (χ1v) is 17.2. The Labute approximate surface area is 279 Å². The van der Waals surface area contributed by atoms with Crippen LogP contribution in [-0.2, 0) is 20.7 Å². The Hall–Kier alpha value is -3.08. The van der Waals surface area contributed by atoms with E-state index in [0.717, 1.165) is 12.0 Å². The summed E-state index contributed by atoms with van der Waals surface area (Å²) in [5, 5.41) is 20.9. The zero-order valence-corrected chi connectivity index (χ0v) is 29.5. The third kappa shape index (κ3) is 12.6. The van der Waals surface area contributed by atoms with Crippen LogP contribution in [-0.4, -0.2) is 81.6 Å². The molecule has 46 heavy (non-hydrogen) atoms. The molecular weight excluding hydrogens is 600 g/mol. The molecule has 3 amide bonds. The van der Waals surface area contributed by atoms with E-state index >= 15 is 0 Å². The van der Waals surface area contributed by atoms with Crippen molar-refractivity contribution in [3.05, 3.63) is 66.2 Å². The average Bonchev–Trinajstić information content (AvgIpc) is 2.95. The van der Waals surface area contributed by atoms with E-state index in [4.69, 9.17) is 4.74 Å². The highest BCUT2D eigenvalue weighted by atomic mass is 32.2. The van der Waals surface area contributed by atoms with Gasteiger partial charge in [-0.05, 0) is 84.4 Å². The number of β-amino-alcohol motifs (C(OH)–C–C–N with tert-alkyl or cyclic N) is 1. The average molecular weight is 655 g/mol. The van der Waals surface area contributed by atoms with E-state index in [0.29, 0.717) is 19.4 Å². The zero-order chi connectivity index (χ0) is 34.1. The molecule has 1 heterocycles. The number of hydrogen-bond acceptors (Lipinski definition) is 7. The van der Waals surface area contributed by atoms with Crippen molar-refractivity contribution in [2.75, 3.05) is 13.1 Å². The van der Waals surface area contributed by atoms with Gasteiger partial charge in [0.05, 0.1) is 18.2 Å². The lowest BCUT2D eigenvalue weighted by Gasteiger charge is -2.41. The number of carbonyl (C=O) groups excluding carboxylic acids is 3. The molecule has 3 rings (SSSR count). The summed E-state index contributed by atoms with van der Waals surface area (Å²) in [6.07, 6.45) is 0.215. The number of alkyl carbamates (subject to hydrolysis) is 1. The van der Waals surface area contributed by atoms with Crippen LogP contribution < -0.4 is 16.0 Å². The molecule has 1 aliphatic rings. The molecule has 2 aromatic rings. The Bertz CT molecular complexity index is 1260. The molecule has 1 fully saturated rings. The first kappa shape index (κ1) is 37.4.